The van der Waals surface area contributed by atoms with E-state index in [1.807, 2.05) is 56.1 Å². The first-order valence-corrected chi connectivity index (χ1v) is 14.6. The number of thioether (sulfide) groups is 3. The van der Waals surface area contributed by atoms with E-state index in [4.69, 9.17) is 0 Å². The van der Waals surface area contributed by atoms with Crippen molar-refractivity contribution in [1.29, 1.82) is 0 Å². The van der Waals surface area contributed by atoms with Gasteiger partial charge in [0.2, 0.25) is 0 Å². The maximum absolute atomic E-state index is 3.53. The maximum atomic E-state index is 3.53. The molecule has 0 bridgehead atoms. The first-order valence-electron chi connectivity index (χ1n) is 8.59. The summed E-state index contributed by atoms with van der Waals surface area (Å²) in [5.74, 6) is 3.92. The lowest BCUT2D eigenvalue weighted by molar-refractivity contribution is 1.11. The van der Waals surface area contributed by atoms with Crippen molar-refractivity contribution in [3.05, 3.63) is 12.7 Å². The van der Waals surface area contributed by atoms with Crippen LogP contribution in [-0.4, -0.2) is 48.5 Å². The Bertz CT molecular complexity index is 82.4. The lowest BCUT2D eigenvalue weighted by Crippen LogP contribution is -1.64. The van der Waals surface area contributed by atoms with Gasteiger partial charge in [0, 0.05) is 0 Å². The highest BCUT2D eigenvalue weighted by molar-refractivity contribution is 7.98. The van der Waals surface area contributed by atoms with Crippen LogP contribution in [-0.2, 0) is 0 Å². The van der Waals surface area contributed by atoms with E-state index in [2.05, 4.69) is 71.4 Å². The van der Waals surface area contributed by atoms with Crippen LogP contribution >= 0.6 is 60.5 Å². The minimum atomic E-state index is 0. The zero-order valence-electron chi connectivity index (χ0n) is 18.6. The van der Waals surface area contributed by atoms with Crippen LogP contribution in [0.5, 0.6) is 0 Å². The fourth-order valence-corrected chi connectivity index (χ4v) is 1.84. The van der Waals surface area contributed by atoms with Crippen LogP contribution in [0, 0.1) is 0 Å². The maximum Gasteiger partial charge on any atom is -0.00729 e. The van der Waals surface area contributed by atoms with Gasteiger partial charge >= 0.3 is 0 Å². The Hall–Kier alpha value is 1.49. The van der Waals surface area contributed by atoms with Crippen molar-refractivity contribution in [2.24, 2.45) is 0 Å². The fraction of sp³-hybridized carbons (Fsp3) is 0.909. The summed E-state index contributed by atoms with van der Waals surface area (Å²) in [6.07, 6.45) is 15.4. The summed E-state index contributed by atoms with van der Waals surface area (Å²) in [5.41, 5.74) is 0. The molecule has 0 radical (unpaired) electrons. The number of rotatable bonds is 6. The third-order valence-corrected chi connectivity index (χ3v) is 3.67. The second-order valence-corrected chi connectivity index (χ2v) is 6.34. The molecule has 27 heavy (non-hydrogen) atoms. The number of hydrogen-bond acceptors (Lipinski definition) is 5. The highest BCUT2D eigenvalue weighted by Gasteiger charge is 1.68. The van der Waals surface area contributed by atoms with Crippen LogP contribution < -0.4 is 0 Å². The summed E-state index contributed by atoms with van der Waals surface area (Å²) in [5, 5.41) is 0. The Balaban J connectivity index is -0.0000000159. The van der Waals surface area contributed by atoms with Gasteiger partial charge in [0.1, 0.15) is 0 Å². The van der Waals surface area contributed by atoms with Crippen LogP contribution in [0.25, 0.3) is 0 Å². The molecule has 0 saturated heterocycles. The van der Waals surface area contributed by atoms with Crippen molar-refractivity contribution in [2.45, 2.75) is 83.1 Å². The standard InChI is InChI=1S/3C4H10S.C3H6.C2H6.2CH4S.3CH4/c3*1-3-4-5-2;1-3-2;3*1-2;;;/h3*3-4H2,1-2H3;3H,1H2,2H3;1-2H3;2*2H,1H3;3*1H4. The molecule has 0 saturated carbocycles. The predicted octanol–water partition coefficient (Wildman–Crippen LogP) is 10.5. The quantitative estimate of drug-likeness (QED) is 0.283. The third kappa shape index (κ3) is 318. The molecule has 0 aliphatic carbocycles. The van der Waals surface area contributed by atoms with Crippen LogP contribution in [0.4, 0.5) is 0 Å². The summed E-state index contributed by atoms with van der Waals surface area (Å²) in [6, 6.07) is 0. The molecule has 0 N–H and O–H groups in total. The van der Waals surface area contributed by atoms with Gasteiger partial charge in [-0.1, -0.05) is 63.0 Å². The molecule has 0 aromatic carbocycles. The van der Waals surface area contributed by atoms with E-state index >= 15 is 0 Å². The molecule has 0 unspecified atom stereocenters. The minimum absolute atomic E-state index is 0. The summed E-state index contributed by atoms with van der Waals surface area (Å²) in [7, 11) is 0. The van der Waals surface area contributed by atoms with Crippen LogP contribution in [0.1, 0.15) is 83.1 Å². The van der Waals surface area contributed by atoms with E-state index in [1.54, 1.807) is 18.6 Å². The van der Waals surface area contributed by atoms with Gasteiger partial charge in [0.25, 0.3) is 0 Å². The minimum Gasteiger partial charge on any atom is -0.183 e. The second kappa shape index (κ2) is 146. The molecule has 0 heterocycles. The lowest BCUT2D eigenvalue weighted by Gasteiger charge is -1.80. The van der Waals surface area contributed by atoms with Gasteiger partial charge in [-0.3, -0.25) is 0 Å². The molecule has 0 spiro atoms. The second-order valence-electron chi connectivity index (χ2n) is 3.39. The Kier molecular flexibility index (Phi) is 341. The smallest absolute Gasteiger partial charge is 0.00729 e. The molecule has 0 aromatic rings. The van der Waals surface area contributed by atoms with E-state index in [9.17, 15) is 0 Å². The van der Waals surface area contributed by atoms with Crippen molar-refractivity contribution >= 4 is 60.5 Å². The van der Waals surface area contributed by atoms with Gasteiger partial charge in [-0.2, -0.15) is 60.5 Å². The zero-order chi connectivity index (χ0) is 21.1. The molecular weight excluding hydrogens is 425 g/mol. The first-order chi connectivity index (χ1) is 11.7. The summed E-state index contributed by atoms with van der Waals surface area (Å²) in [6.45, 7) is 15.8. The Morgan fingerprint density at radius 3 is 0.741 bits per heavy atom. The molecule has 0 nitrogen and oxygen atoms in total. The molecule has 0 aliphatic rings. The normalized spacial score (nSPS) is 5.81. The van der Waals surface area contributed by atoms with E-state index in [0.29, 0.717) is 0 Å². The molecular formula is C22H62S5. The third-order valence-electron chi connectivity index (χ3n) is 1.22. The number of allylic oxidation sites excluding steroid dienone is 1. The van der Waals surface area contributed by atoms with Crippen molar-refractivity contribution in [3.63, 3.8) is 0 Å². The lowest BCUT2D eigenvalue weighted by atomic mass is 10.6. The fourth-order valence-electron chi connectivity index (χ4n) is 0.612. The van der Waals surface area contributed by atoms with Crippen LogP contribution in [0.15, 0.2) is 12.7 Å². The largest absolute Gasteiger partial charge is 0.183 e. The van der Waals surface area contributed by atoms with Gasteiger partial charge in [0.05, 0.1) is 0 Å². The SMILES string of the molecule is C.C.C.C=CC.CC.CCCSC.CCCSC.CCCSC.CS.CS. The van der Waals surface area contributed by atoms with Crippen molar-refractivity contribution in [3.8, 4) is 0 Å². The summed E-state index contributed by atoms with van der Waals surface area (Å²) in [4.78, 5) is 0. The van der Waals surface area contributed by atoms with E-state index in [-0.39, 0.29) is 22.3 Å². The summed E-state index contributed by atoms with van der Waals surface area (Å²) < 4.78 is 0. The molecule has 0 aromatic heterocycles. The van der Waals surface area contributed by atoms with E-state index in [1.165, 1.54) is 36.5 Å². The van der Waals surface area contributed by atoms with Crippen molar-refractivity contribution in [2.75, 3.05) is 48.5 Å². The molecule has 5 heteroatoms. The molecule has 0 aliphatic heterocycles. The van der Waals surface area contributed by atoms with Crippen LogP contribution in [0.2, 0.25) is 0 Å². The highest BCUT2D eigenvalue weighted by atomic mass is 32.2. The molecule has 0 fully saturated rings. The van der Waals surface area contributed by atoms with Crippen molar-refractivity contribution < 1.29 is 0 Å². The van der Waals surface area contributed by atoms with Gasteiger partial charge in [0.15, 0.2) is 0 Å². The van der Waals surface area contributed by atoms with Gasteiger partial charge in [-0.25, -0.2) is 0 Å². The first kappa shape index (κ1) is 63.0. The average molecular weight is 487 g/mol. The van der Waals surface area contributed by atoms with Gasteiger partial charge in [-0.05, 0) is 74.7 Å². The molecule has 180 valence electrons. The monoisotopic (exact) mass is 486 g/mol. The van der Waals surface area contributed by atoms with Gasteiger partial charge in [-0.15, -0.1) is 6.58 Å². The average Bonchev–Trinajstić information content (AvgIpc) is 2.64. The Morgan fingerprint density at radius 1 is 0.630 bits per heavy atom. The molecule has 0 amide bonds. The Morgan fingerprint density at radius 2 is 0.741 bits per heavy atom. The van der Waals surface area contributed by atoms with E-state index in [0.717, 1.165) is 0 Å². The predicted molar refractivity (Wildman–Crippen MR) is 163 cm³/mol. The highest BCUT2D eigenvalue weighted by Crippen LogP contribution is 1.92. The zero-order valence-corrected chi connectivity index (χ0v) is 22.9. The number of thiol groups is 2. The van der Waals surface area contributed by atoms with E-state index < -0.39 is 0 Å². The number of hydrogen-bond donors (Lipinski definition) is 2. The van der Waals surface area contributed by atoms with Gasteiger partial charge < -0.3 is 0 Å². The topological polar surface area (TPSA) is 0 Å². The van der Waals surface area contributed by atoms with Crippen LogP contribution in [0.3, 0.4) is 0 Å². The Labute approximate surface area is 203 Å². The van der Waals surface area contributed by atoms with Crippen molar-refractivity contribution in [1.82, 2.24) is 0 Å². The molecule has 0 atom stereocenters. The summed E-state index contributed by atoms with van der Waals surface area (Å²) >= 11 is 12.8. The molecule has 0 rings (SSSR count).